The first-order valence-electron chi connectivity index (χ1n) is 9.01. The van der Waals surface area contributed by atoms with Crippen LogP contribution in [-0.2, 0) is 11.3 Å². The lowest BCUT2D eigenvalue weighted by atomic mass is 10.2. The van der Waals surface area contributed by atoms with Gasteiger partial charge in [-0.05, 0) is 48.9 Å². The molecule has 2 aromatic heterocycles. The van der Waals surface area contributed by atoms with Crippen molar-refractivity contribution in [2.75, 3.05) is 5.32 Å². The quantitative estimate of drug-likeness (QED) is 0.500. The smallest absolute Gasteiger partial charge is 0.338 e. The van der Waals surface area contributed by atoms with Gasteiger partial charge in [-0.15, -0.1) is 11.3 Å². The van der Waals surface area contributed by atoms with Crippen LogP contribution in [0.3, 0.4) is 0 Å². The van der Waals surface area contributed by atoms with Crippen molar-refractivity contribution in [1.82, 2.24) is 14.8 Å². The molecule has 0 aliphatic heterocycles. The van der Waals surface area contributed by atoms with Crippen LogP contribution in [0.4, 0.5) is 5.69 Å². The van der Waals surface area contributed by atoms with Crippen molar-refractivity contribution in [2.24, 2.45) is 0 Å². The number of amides is 1. The van der Waals surface area contributed by atoms with Gasteiger partial charge in [-0.25, -0.2) is 9.78 Å². The first-order valence-corrected chi connectivity index (χ1v) is 9.83. The molecule has 0 aliphatic carbocycles. The van der Waals surface area contributed by atoms with Gasteiger partial charge in [0.15, 0.2) is 0 Å². The summed E-state index contributed by atoms with van der Waals surface area (Å²) in [6.07, 6.45) is 2.87. The van der Waals surface area contributed by atoms with Crippen molar-refractivity contribution in [1.29, 1.82) is 0 Å². The lowest BCUT2D eigenvalue weighted by molar-refractivity contribution is -0.116. The maximum Gasteiger partial charge on any atom is 0.338 e. The average Bonchev–Trinajstić information content (AvgIpc) is 3.33. The number of carboxylic acids is 1. The highest BCUT2D eigenvalue weighted by Gasteiger charge is 2.09. The minimum Gasteiger partial charge on any atom is -0.478 e. The summed E-state index contributed by atoms with van der Waals surface area (Å²) >= 11 is 1.64. The summed E-state index contributed by atoms with van der Waals surface area (Å²) in [5.41, 5.74) is 3.99. The Balaban J connectivity index is 1.38. The Morgan fingerprint density at radius 3 is 2.69 bits per heavy atom. The zero-order valence-corrected chi connectivity index (χ0v) is 16.4. The number of nitrogens with one attached hydrogen (secondary N) is 1. The number of hydrogen-bond donors (Lipinski definition) is 2. The number of carboxylic acid groups (broad SMARTS) is 1. The maximum absolute atomic E-state index is 12.2. The van der Waals surface area contributed by atoms with E-state index in [4.69, 9.17) is 5.11 Å². The van der Waals surface area contributed by atoms with E-state index >= 15 is 0 Å². The van der Waals surface area contributed by atoms with E-state index < -0.39 is 5.97 Å². The number of anilines is 1. The number of rotatable bonds is 6. The normalized spacial score (nSPS) is 10.9. The van der Waals surface area contributed by atoms with E-state index in [1.54, 1.807) is 11.3 Å². The number of carbonyl (C=O) groups is 2. The second-order valence-electron chi connectivity index (χ2n) is 6.66. The van der Waals surface area contributed by atoms with Gasteiger partial charge in [0.2, 0.25) is 5.91 Å². The van der Waals surface area contributed by atoms with E-state index in [0.717, 1.165) is 20.8 Å². The molecular weight excluding hydrogens is 388 g/mol. The molecule has 0 unspecified atom stereocenters. The highest BCUT2D eigenvalue weighted by atomic mass is 32.1. The number of hydrogen-bond acceptors (Lipinski definition) is 5. The molecule has 7 nitrogen and oxygen atoms in total. The number of fused-ring (bicyclic) bond motifs is 1. The molecule has 146 valence electrons. The van der Waals surface area contributed by atoms with Crippen molar-refractivity contribution >= 4 is 39.1 Å². The summed E-state index contributed by atoms with van der Waals surface area (Å²) in [6.45, 7) is 2.37. The summed E-state index contributed by atoms with van der Waals surface area (Å²) in [4.78, 5) is 27.7. The van der Waals surface area contributed by atoms with E-state index in [1.165, 1.54) is 22.6 Å². The molecule has 0 spiro atoms. The zero-order chi connectivity index (χ0) is 20.4. The second-order valence-corrected chi connectivity index (χ2v) is 7.69. The van der Waals surface area contributed by atoms with Crippen molar-refractivity contribution in [2.45, 2.75) is 19.9 Å². The van der Waals surface area contributed by atoms with Gasteiger partial charge in [0.05, 0.1) is 22.0 Å². The van der Waals surface area contributed by atoms with Crippen LogP contribution in [0.5, 0.6) is 0 Å². The number of carbonyl (C=O) groups excluding carboxylic acids is 1. The molecule has 4 rings (SSSR count). The lowest BCUT2D eigenvalue weighted by Crippen LogP contribution is -2.14. The summed E-state index contributed by atoms with van der Waals surface area (Å²) in [5.74, 6) is -1.20. The number of nitrogens with zero attached hydrogens (tertiary/aromatic N) is 3. The highest BCUT2D eigenvalue weighted by Crippen LogP contribution is 2.31. The van der Waals surface area contributed by atoms with Crippen LogP contribution in [0.1, 0.15) is 22.3 Å². The van der Waals surface area contributed by atoms with Gasteiger partial charge in [-0.1, -0.05) is 6.07 Å². The summed E-state index contributed by atoms with van der Waals surface area (Å²) in [5, 5.41) is 16.6. The Kier molecular flexibility index (Phi) is 5.09. The van der Waals surface area contributed by atoms with Gasteiger partial charge in [0, 0.05) is 30.4 Å². The van der Waals surface area contributed by atoms with Crippen molar-refractivity contribution in [3.8, 4) is 10.6 Å². The fourth-order valence-electron chi connectivity index (χ4n) is 2.89. The van der Waals surface area contributed by atoms with Gasteiger partial charge in [-0.3, -0.25) is 9.48 Å². The third kappa shape index (κ3) is 4.33. The fourth-order valence-corrected chi connectivity index (χ4v) is 3.96. The molecule has 2 aromatic carbocycles. The van der Waals surface area contributed by atoms with E-state index in [-0.39, 0.29) is 17.9 Å². The number of aromatic nitrogens is 3. The Labute approximate surface area is 170 Å². The minimum atomic E-state index is -1.04. The van der Waals surface area contributed by atoms with Gasteiger partial charge in [0.25, 0.3) is 0 Å². The second kappa shape index (κ2) is 7.84. The van der Waals surface area contributed by atoms with Crippen LogP contribution in [0.15, 0.2) is 54.9 Å². The molecule has 2 N–H and O–H groups in total. The predicted molar refractivity (Wildman–Crippen MR) is 112 cm³/mol. The van der Waals surface area contributed by atoms with Crippen LogP contribution in [-0.4, -0.2) is 31.7 Å². The maximum atomic E-state index is 12.2. The van der Waals surface area contributed by atoms with Crippen LogP contribution in [0.2, 0.25) is 0 Å². The lowest BCUT2D eigenvalue weighted by Gasteiger charge is -2.06. The predicted octanol–water partition coefficient (Wildman–Crippen LogP) is 4.20. The molecule has 0 atom stereocenters. The molecule has 0 saturated heterocycles. The summed E-state index contributed by atoms with van der Waals surface area (Å²) < 4.78 is 2.60. The molecular formula is C21H18N4O3S. The van der Waals surface area contributed by atoms with Gasteiger partial charge < -0.3 is 10.4 Å². The van der Waals surface area contributed by atoms with Crippen LogP contribution >= 0.6 is 11.3 Å². The first-order chi connectivity index (χ1) is 14.0. The molecule has 0 saturated carbocycles. The number of benzene rings is 2. The van der Waals surface area contributed by atoms with Crippen molar-refractivity contribution in [3.63, 3.8) is 0 Å². The topological polar surface area (TPSA) is 97.1 Å². The standard InChI is InChI=1S/C21H18N4O3S/c1-13-2-7-17-18(10-13)29-20(24-17)14-3-5-16(6-4-14)23-19(26)8-9-25-12-15(11-22-25)21(27)28/h2-7,10-12H,8-9H2,1H3,(H,23,26)(H,27,28). The van der Waals surface area contributed by atoms with E-state index in [9.17, 15) is 9.59 Å². The molecule has 29 heavy (non-hydrogen) atoms. The van der Waals surface area contributed by atoms with E-state index in [2.05, 4.69) is 34.5 Å². The summed E-state index contributed by atoms with van der Waals surface area (Å²) in [6, 6.07) is 13.8. The van der Waals surface area contributed by atoms with Crippen LogP contribution < -0.4 is 5.32 Å². The molecule has 0 bridgehead atoms. The monoisotopic (exact) mass is 406 g/mol. The van der Waals surface area contributed by atoms with Gasteiger partial charge >= 0.3 is 5.97 Å². The zero-order valence-electron chi connectivity index (χ0n) is 15.6. The van der Waals surface area contributed by atoms with Crippen LogP contribution in [0.25, 0.3) is 20.8 Å². The summed E-state index contributed by atoms with van der Waals surface area (Å²) in [7, 11) is 0. The first kappa shape index (κ1) is 18.8. The minimum absolute atomic E-state index is 0.103. The van der Waals surface area contributed by atoms with Gasteiger partial charge in [0.1, 0.15) is 5.01 Å². The number of aryl methyl sites for hydroxylation is 2. The Morgan fingerprint density at radius 2 is 1.97 bits per heavy atom. The van der Waals surface area contributed by atoms with Crippen molar-refractivity contribution < 1.29 is 14.7 Å². The highest BCUT2D eigenvalue weighted by molar-refractivity contribution is 7.21. The third-order valence-electron chi connectivity index (χ3n) is 4.41. The molecule has 0 fully saturated rings. The van der Waals surface area contributed by atoms with E-state index in [1.807, 2.05) is 30.3 Å². The Hall–Kier alpha value is -3.52. The average molecular weight is 406 g/mol. The molecule has 0 aliphatic rings. The number of aromatic carboxylic acids is 1. The largest absolute Gasteiger partial charge is 0.478 e. The SMILES string of the molecule is Cc1ccc2nc(-c3ccc(NC(=O)CCn4cc(C(=O)O)cn4)cc3)sc2c1. The number of thiazole rings is 1. The fraction of sp³-hybridized carbons (Fsp3) is 0.143. The molecule has 0 radical (unpaired) electrons. The van der Waals surface area contributed by atoms with Crippen molar-refractivity contribution in [3.05, 3.63) is 66.0 Å². The van der Waals surface area contributed by atoms with E-state index in [0.29, 0.717) is 12.2 Å². The molecule has 2 heterocycles. The molecule has 8 heteroatoms. The van der Waals surface area contributed by atoms with Crippen LogP contribution in [0, 0.1) is 6.92 Å². The third-order valence-corrected chi connectivity index (χ3v) is 5.47. The Bertz CT molecular complexity index is 1190. The molecule has 4 aromatic rings. The van der Waals surface area contributed by atoms with Gasteiger partial charge in [-0.2, -0.15) is 5.10 Å². The molecule has 1 amide bonds. The Morgan fingerprint density at radius 1 is 1.17 bits per heavy atom.